The summed E-state index contributed by atoms with van der Waals surface area (Å²) in [5, 5.41) is 8.53. The van der Waals surface area contributed by atoms with Crippen LogP contribution in [0.5, 0.6) is 0 Å². The van der Waals surface area contributed by atoms with E-state index in [0.717, 1.165) is 11.8 Å². The van der Waals surface area contributed by atoms with E-state index in [-0.39, 0.29) is 34.6 Å². The highest BCUT2D eigenvalue weighted by molar-refractivity contribution is 7.99. The number of aromatic nitrogens is 3. The Morgan fingerprint density at radius 1 is 1.21 bits per heavy atom. The van der Waals surface area contributed by atoms with Gasteiger partial charge in [-0.3, -0.25) is 4.79 Å². The highest BCUT2D eigenvalue weighted by Gasteiger charge is 2.17. The maximum Gasteiger partial charge on any atom is 0.233 e. The number of thioether (sulfide) groups is 1. The smallest absolute Gasteiger partial charge is 0.233 e. The molecule has 0 saturated heterocycles. The maximum absolute atomic E-state index is 13.9. The molecule has 28 heavy (non-hydrogen) atoms. The van der Waals surface area contributed by atoms with Crippen LogP contribution in [-0.4, -0.2) is 38.5 Å². The minimum absolute atomic E-state index is 0.0291. The first-order valence-electron chi connectivity index (χ1n) is 8.13. The lowest BCUT2D eigenvalue weighted by Crippen LogP contribution is -2.28. The molecule has 1 amide bonds. The van der Waals surface area contributed by atoms with Crippen molar-refractivity contribution < 1.29 is 13.6 Å². The highest BCUT2D eigenvalue weighted by atomic mass is 35.5. The quantitative estimate of drug-likeness (QED) is 0.486. The van der Waals surface area contributed by atoms with Crippen molar-refractivity contribution in [2.45, 2.75) is 11.7 Å². The number of hydrogen-bond acceptors (Lipinski definition) is 5. The van der Waals surface area contributed by atoms with E-state index in [1.165, 1.54) is 46.0 Å². The summed E-state index contributed by atoms with van der Waals surface area (Å²) >= 11 is 7.09. The van der Waals surface area contributed by atoms with Crippen molar-refractivity contribution in [2.75, 3.05) is 18.6 Å². The monoisotopic (exact) mass is 423 g/mol. The third kappa shape index (κ3) is 4.42. The second-order valence-corrected chi connectivity index (χ2v) is 7.27. The molecule has 0 bridgehead atoms. The van der Waals surface area contributed by atoms with Crippen molar-refractivity contribution in [3.8, 4) is 11.4 Å². The van der Waals surface area contributed by atoms with Crippen LogP contribution in [0.4, 0.5) is 8.78 Å². The zero-order chi connectivity index (χ0) is 20.3. The lowest BCUT2D eigenvalue weighted by Gasteiger charge is -2.18. The van der Waals surface area contributed by atoms with Crippen molar-refractivity contribution in [1.29, 1.82) is 0 Å². The molecule has 0 radical (unpaired) electrons. The Bertz CT molecular complexity index is 976. The van der Waals surface area contributed by atoms with Crippen LogP contribution in [0.25, 0.3) is 11.4 Å². The Hall–Kier alpha value is -2.65. The van der Waals surface area contributed by atoms with E-state index in [9.17, 15) is 13.6 Å². The van der Waals surface area contributed by atoms with Gasteiger partial charge >= 0.3 is 0 Å². The van der Waals surface area contributed by atoms with Crippen LogP contribution in [0.2, 0.25) is 5.02 Å². The fourth-order valence-corrected chi connectivity index (χ4v) is 3.44. The largest absolute Gasteiger partial charge is 0.341 e. The molecule has 2 N–H and O–H groups in total. The average molecular weight is 424 g/mol. The topological polar surface area (TPSA) is 77.0 Å². The fourth-order valence-electron chi connectivity index (χ4n) is 2.42. The van der Waals surface area contributed by atoms with E-state index < -0.39 is 5.82 Å². The highest BCUT2D eigenvalue weighted by Crippen LogP contribution is 2.23. The summed E-state index contributed by atoms with van der Waals surface area (Å²) in [6.07, 6.45) is 0. The Balaban J connectivity index is 1.64. The summed E-state index contributed by atoms with van der Waals surface area (Å²) < 4.78 is 28.2. The van der Waals surface area contributed by atoms with Crippen LogP contribution in [0, 0.1) is 11.6 Å². The van der Waals surface area contributed by atoms with Gasteiger partial charge in [0.25, 0.3) is 0 Å². The van der Waals surface area contributed by atoms with E-state index in [1.54, 1.807) is 13.1 Å². The summed E-state index contributed by atoms with van der Waals surface area (Å²) in [5.41, 5.74) is 0.853. The molecule has 0 atom stereocenters. The number of nitrogens with two attached hydrogens (primary N) is 1. The van der Waals surface area contributed by atoms with Crippen molar-refractivity contribution in [3.63, 3.8) is 0 Å². The molecule has 1 heterocycles. The van der Waals surface area contributed by atoms with Gasteiger partial charge < -0.3 is 10.7 Å². The SMILES string of the molecule is CN(Cc1c(F)cccc1Cl)C(=O)CSc1nnc(-c2ccc(F)cc2)n1N. The molecular formula is C18H16ClF2N5OS. The van der Waals surface area contributed by atoms with Crippen LogP contribution >= 0.6 is 23.4 Å². The molecular weight excluding hydrogens is 408 g/mol. The van der Waals surface area contributed by atoms with Crippen molar-refractivity contribution >= 4 is 29.3 Å². The van der Waals surface area contributed by atoms with Gasteiger partial charge in [-0.2, -0.15) is 0 Å². The first kappa shape index (κ1) is 20.1. The average Bonchev–Trinajstić information content (AvgIpc) is 3.04. The van der Waals surface area contributed by atoms with Gasteiger partial charge in [-0.1, -0.05) is 29.4 Å². The molecule has 0 spiro atoms. The molecule has 0 aliphatic rings. The van der Waals surface area contributed by atoms with Gasteiger partial charge in [0.15, 0.2) is 5.82 Å². The normalized spacial score (nSPS) is 10.9. The van der Waals surface area contributed by atoms with E-state index in [2.05, 4.69) is 10.2 Å². The molecule has 0 saturated carbocycles. The molecule has 0 unspecified atom stereocenters. The number of hydrogen-bond donors (Lipinski definition) is 1. The van der Waals surface area contributed by atoms with Gasteiger partial charge in [-0.15, -0.1) is 10.2 Å². The Labute approximate surface area is 169 Å². The summed E-state index contributed by atoms with van der Waals surface area (Å²) in [6, 6.07) is 10.0. The number of benzene rings is 2. The molecule has 146 valence electrons. The van der Waals surface area contributed by atoms with Gasteiger partial charge in [0.1, 0.15) is 11.6 Å². The molecule has 3 rings (SSSR count). The van der Waals surface area contributed by atoms with Gasteiger partial charge in [0, 0.05) is 29.7 Å². The molecule has 3 aromatic rings. The lowest BCUT2D eigenvalue weighted by molar-refractivity contribution is -0.127. The zero-order valence-corrected chi connectivity index (χ0v) is 16.3. The minimum Gasteiger partial charge on any atom is -0.341 e. The predicted molar refractivity (Wildman–Crippen MR) is 104 cm³/mol. The lowest BCUT2D eigenvalue weighted by atomic mass is 10.2. The van der Waals surface area contributed by atoms with Crippen LogP contribution in [0.3, 0.4) is 0 Å². The van der Waals surface area contributed by atoms with Crippen molar-refractivity contribution in [3.05, 3.63) is 64.7 Å². The first-order valence-corrected chi connectivity index (χ1v) is 9.49. The number of carbonyl (C=O) groups is 1. The minimum atomic E-state index is -0.467. The second kappa shape index (κ2) is 8.57. The summed E-state index contributed by atoms with van der Waals surface area (Å²) in [4.78, 5) is 13.7. The predicted octanol–water partition coefficient (Wildman–Crippen LogP) is 3.34. The van der Waals surface area contributed by atoms with Gasteiger partial charge in [0.2, 0.25) is 11.1 Å². The third-order valence-electron chi connectivity index (χ3n) is 3.97. The van der Waals surface area contributed by atoms with Gasteiger partial charge in [-0.25, -0.2) is 13.5 Å². The zero-order valence-electron chi connectivity index (χ0n) is 14.8. The molecule has 0 aliphatic heterocycles. The molecule has 0 aliphatic carbocycles. The Morgan fingerprint density at radius 3 is 2.61 bits per heavy atom. The first-order chi connectivity index (χ1) is 13.4. The van der Waals surface area contributed by atoms with Gasteiger partial charge in [0.05, 0.1) is 5.75 Å². The fraction of sp³-hybridized carbons (Fsp3) is 0.167. The molecule has 1 aromatic heterocycles. The number of nitrogens with zero attached hydrogens (tertiary/aromatic N) is 4. The van der Waals surface area contributed by atoms with Crippen LogP contribution in [-0.2, 0) is 11.3 Å². The number of nitrogen functional groups attached to an aromatic ring is 1. The van der Waals surface area contributed by atoms with E-state index >= 15 is 0 Å². The Kier molecular flexibility index (Phi) is 6.15. The summed E-state index contributed by atoms with van der Waals surface area (Å²) in [6.45, 7) is 0.0427. The standard InChI is InChI=1S/C18H16ClF2N5OS/c1-25(9-13-14(19)3-2-4-15(13)21)16(27)10-28-18-24-23-17(26(18)22)11-5-7-12(20)8-6-11/h2-8H,9-10,22H2,1H3. The molecule has 10 heteroatoms. The van der Waals surface area contributed by atoms with Crippen molar-refractivity contribution in [1.82, 2.24) is 19.8 Å². The molecule has 6 nitrogen and oxygen atoms in total. The van der Waals surface area contributed by atoms with E-state index in [0.29, 0.717) is 16.5 Å². The number of halogens is 3. The number of amides is 1. The summed E-state index contributed by atoms with van der Waals surface area (Å²) in [5.74, 6) is 5.27. The van der Waals surface area contributed by atoms with Crippen LogP contribution in [0.1, 0.15) is 5.56 Å². The van der Waals surface area contributed by atoms with Gasteiger partial charge in [-0.05, 0) is 36.4 Å². The number of rotatable bonds is 6. The third-order valence-corrected chi connectivity index (χ3v) is 5.26. The van der Waals surface area contributed by atoms with E-state index in [1.807, 2.05) is 0 Å². The van der Waals surface area contributed by atoms with Crippen LogP contribution < -0.4 is 5.84 Å². The molecule has 0 fully saturated rings. The van der Waals surface area contributed by atoms with E-state index in [4.69, 9.17) is 17.4 Å². The van der Waals surface area contributed by atoms with Crippen molar-refractivity contribution in [2.24, 2.45) is 0 Å². The Morgan fingerprint density at radius 2 is 1.93 bits per heavy atom. The number of carbonyl (C=O) groups excluding carboxylic acids is 1. The maximum atomic E-state index is 13.9. The van der Waals surface area contributed by atoms with Crippen LogP contribution in [0.15, 0.2) is 47.6 Å². The molecule has 2 aromatic carbocycles. The summed E-state index contributed by atoms with van der Waals surface area (Å²) in [7, 11) is 1.56. The second-order valence-electron chi connectivity index (χ2n) is 5.92.